The predicted octanol–water partition coefficient (Wildman–Crippen LogP) is 5.13. The van der Waals surface area contributed by atoms with Crippen LogP contribution in [0.15, 0.2) is 53.5 Å². The lowest BCUT2D eigenvalue weighted by atomic mass is 10.0. The van der Waals surface area contributed by atoms with Gasteiger partial charge in [-0.1, -0.05) is 6.92 Å². The van der Waals surface area contributed by atoms with Gasteiger partial charge < -0.3 is 19.8 Å². The van der Waals surface area contributed by atoms with Crippen molar-refractivity contribution in [2.45, 2.75) is 19.3 Å². The van der Waals surface area contributed by atoms with Crippen molar-refractivity contribution in [2.24, 2.45) is 12.5 Å². The monoisotopic (exact) mass is 448 g/mol. The highest BCUT2D eigenvalue weighted by atomic mass is 19.3. The number of ether oxygens (including phenoxy) is 2. The van der Waals surface area contributed by atoms with Crippen molar-refractivity contribution in [1.29, 1.82) is 0 Å². The number of hydrogen-bond acceptors (Lipinski definition) is 4. The van der Waals surface area contributed by atoms with E-state index in [1.54, 1.807) is 0 Å². The minimum atomic E-state index is -2.83. The summed E-state index contributed by atoms with van der Waals surface area (Å²) in [6, 6.07) is 8.59. The molecule has 0 saturated heterocycles. The molecular formula is C23H20F4N2O3. The Hall–Kier alpha value is -3.49. The van der Waals surface area contributed by atoms with E-state index in [-0.39, 0.29) is 30.3 Å². The number of nitrogens with two attached hydrogens (primary N) is 1. The zero-order valence-corrected chi connectivity index (χ0v) is 17.3. The maximum absolute atomic E-state index is 14.1. The van der Waals surface area contributed by atoms with Gasteiger partial charge in [0.15, 0.2) is 11.6 Å². The molecule has 1 aromatic heterocycles. The summed E-state index contributed by atoms with van der Waals surface area (Å²) in [7, 11) is 1.51. The van der Waals surface area contributed by atoms with Crippen LogP contribution in [0.2, 0.25) is 0 Å². The maximum atomic E-state index is 14.1. The molecule has 2 N–H and O–H groups in total. The Bertz CT molecular complexity index is 1260. The van der Waals surface area contributed by atoms with Gasteiger partial charge in [-0.2, -0.15) is 0 Å². The third-order valence-corrected chi connectivity index (χ3v) is 5.51. The minimum absolute atomic E-state index is 0.0621. The van der Waals surface area contributed by atoms with Gasteiger partial charge in [0.1, 0.15) is 17.3 Å². The second kappa shape index (κ2) is 7.58. The third kappa shape index (κ3) is 4.02. The largest absolute Gasteiger partial charge is 0.492 e. The number of pyridine rings is 1. The molecule has 1 unspecified atom stereocenters. The highest BCUT2D eigenvalue weighted by Crippen LogP contribution is 2.60. The fourth-order valence-corrected chi connectivity index (χ4v) is 3.30. The molecule has 9 heteroatoms. The van der Waals surface area contributed by atoms with Crippen LogP contribution in [0.25, 0.3) is 11.1 Å². The molecule has 1 fully saturated rings. The van der Waals surface area contributed by atoms with Gasteiger partial charge in [0.05, 0.1) is 12.0 Å². The van der Waals surface area contributed by atoms with E-state index in [1.807, 2.05) is 0 Å². The summed E-state index contributed by atoms with van der Waals surface area (Å²) in [6.45, 7) is 1.10. The number of nitrogen functional groups attached to an aromatic ring is 1. The molecule has 168 valence electrons. The first-order chi connectivity index (χ1) is 15.0. The first-order valence-corrected chi connectivity index (χ1v) is 9.73. The van der Waals surface area contributed by atoms with Crippen LogP contribution >= 0.6 is 0 Å². The average molecular weight is 448 g/mol. The molecular weight excluding hydrogens is 428 g/mol. The summed E-state index contributed by atoms with van der Waals surface area (Å²) in [4.78, 5) is 12.2. The van der Waals surface area contributed by atoms with Gasteiger partial charge in [-0.25, -0.2) is 17.6 Å². The molecule has 32 heavy (non-hydrogen) atoms. The molecule has 0 amide bonds. The minimum Gasteiger partial charge on any atom is -0.492 e. The lowest BCUT2D eigenvalue weighted by Gasteiger charge is -2.18. The average Bonchev–Trinajstić information content (AvgIpc) is 3.23. The van der Waals surface area contributed by atoms with Gasteiger partial charge in [-0.05, 0) is 30.3 Å². The summed E-state index contributed by atoms with van der Waals surface area (Å²) < 4.78 is 67.3. The van der Waals surface area contributed by atoms with Crippen molar-refractivity contribution in [1.82, 2.24) is 4.57 Å². The van der Waals surface area contributed by atoms with Crippen LogP contribution in [-0.4, -0.2) is 17.1 Å². The van der Waals surface area contributed by atoms with E-state index in [0.29, 0.717) is 22.9 Å². The van der Waals surface area contributed by atoms with E-state index in [9.17, 15) is 22.4 Å². The fraction of sp³-hybridized carbons (Fsp3) is 0.261. The Kier molecular flexibility index (Phi) is 5.15. The summed E-state index contributed by atoms with van der Waals surface area (Å²) in [6.07, 6.45) is 1.14. The number of halogens is 4. The van der Waals surface area contributed by atoms with E-state index in [4.69, 9.17) is 15.2 Å². The molecule has 1 heterocycles. The van der Waals surface area contributed by atoms with Crippen molar-refractivity contribution in [3.05, 3.63) is 70.6 Å². The van der Waals surface area contributed by atoms with E-state index in [2.05, 4.69) is 0 Å². The van der Waals surface area contributed by atoms with Gasteiger partial charge in [0.2, 0.25) is 0 Å². The maximum Gasteiger partial charge on any atom is 0.257 e. The molecule has 1 aliphatic rings. The van der Waals surface area contributed by atoms with Gasteiger partial charge in [0, 0.05) is 48.6 Å². The molecule has 0 radical (unpaired) electrons. The highest BCUT2D eigenvalue weighted by Gasteiger charge is 2.68. The van der Waals surface area contributed by atoms with E-state index in [0.717, 1.165) is 12.1 Å². The summed E-state index contributed by atoms with van der Waals surface area (Å²) >= 11 is 0. The SMILES string of the molecule is Cn1cc(-c2cc(N)ccc2Oc2ccc(F)cc2F)c(OCC2(C)CC2(F)F)cc1=O. The number of benzene rings is 2. The Labute approximate surface area is 181 Å². The number of alkyl halides is 2. The van der Waals surface area contributed by atoms with Gasteiger partial charge in [-0.3, -0.25) is 4.79 Å². The molecule has 2 aromatic carbocycles. The molecule has 5 nitrogen and oxygen atoms in total. The van der Waals surface area contributed by atoms with Crippen LogP contribution in [0, 0.1) is 17.0 Å². The number of nitrogens with zero attached hydrogens (tertiary/aromatic N) is 1. The third-order valence-electron chi connectivity index (χ3n) is 5.51. The fourth-order valence-electron chi connectivity index (χ4n) is 3.30. The Morgan fingerprint density at radius 1 is 1.03 bits per heavy atom. The van der Waals surface area contributed by atoms with Crippen LogP contribution in [-0.2, 0) is 7.05 Å². The van der Waals surface area contributed by atoms with Crippen LogP contribution in [0.1, 0.15) is 13.3 Å². The van der Waals surface area contributed by atoms with Gasteiger partial charge in [0.25, 0.3) is 11.5 Å². The van der Waals surface area contributed by atoms with E-state index >= 15 is 0 Å². The zero-order chi connectivity index (χ0) is 23.3. The van der Waals surface area contributed by atoms with Crippen molar-refractivity contribution >= 4 is 5.69 Å². The van der Waals surface area contributed by atoms with Crippen LogP contribution in [0.5, 0.6) is 17.2 Å². The van der Waals surface area contributed by atoms with Crippen LogP contribution < -0.4 is 20.8 Å². The van der Waals surface area contributed by atoms with E-state index in [1.165, 1.54) is 49.0 Å². The number of anilines is 1. The number of hydrogen-bond donors (Lipinski definition) is 1. The number of rotatable bonds is 6. The summed E-state index contributed by atoms with van der Waals surface area (Å²) in [5.74, 6) is -4.52. The predicted molar refractivity (Wildman–Crippen MR) is 111 cm³/mol. The van der Waals surface area contributed by atoms with Crippen LogP contribution in [0.4, 0.5) is 23.2 Å². The van der Waals surface area contributed by atoms with Crippen molar-refractivity contribution in [3.8, 4) is 28.4 Å². The van der Waals surface area contributed by atoms with Gasteiger partial charge >= 0.3 is 0 Å². The normalized spacial score (nSPS) is 18.9. The zero-order valence-electron chi connectivity index (χ0n) is 17.3. The highest BCUT2D eigenvalue weighted by molar-refractivity contribution is 5.78. The first-order valence-electron chi connectivity index (χ1n) is 9.73. The molecule has 0 aliphatic heterocycles. The summed E-state index contributed by atoms with van der Waals surface area (Å²) in [5, 5.41) is 0. The lowest BCUT2D eigenvalue weighted by Crippen LogP contribution is -2.20. The molecule has 1 aliphatic carbocycles. The Balaban J connectivity index is 1.76. The van der Waals surface area contributed by atoms with Crippen molar-refractivity contribution in [2.75, 3.05) is 12.3 Å². The standard InChI is InChI=1S/C23H20F4N2O3/c1-22(11-23(22,26)27)12-31-20-9-21(30)29(2)10-16(20)15-8-14(28)4-6-18(15)32-19-5-3-13(24)7-17(19)25/h3-10H,11-12,28H2,1-2H3. The Morgan fingerprint density at radius 2 is 1.72 bits per heavy atom. The first kappa shape index (κ1) is 21.7. The van der Waals surface area contributed by atoms with Gasteiger partial charge in [-0.15, -0.1) is 0 Å². The van der Waals surface area contributed by atoms with Crippen molar-refractivity contribution in [3.63, 3.8) is 0 Å². The molecule has 0 bridgehead atoms. The molecule has 0 spiro atoms. The molecule has 4 rings (SSSR count). The smallest absolute Gasteiger partial charge is 0.257 e. The van der Waals surface area contributed by atoms with E-state index < -0.39 is 28.5 Å². The molecule has 1 saturated carbocycles. The molecule has 3 aromatic rings. The second-order valence-corrected chi connectivity index (χ2v) is 8.16. The summed E-state index contributed by atoms with van der Waals surface area (Å²) in [5.41, 5.74) is 5.21. The van der Waals surface area contributed by atoms with Crippen molar-refractivity contribution < 1.29 is 27.0 Å². The molecule has 1 atom stereocenters. The quantitative estimate of drug-likeness (QED) is 0.420. The number of aryl methyl sites for hydroxylation is 1. The topological polar surface area (TPSA) is 66.5 Å². The second-order valence-electron chi connectivity index (χ2n) is 8.16. The Morgan fingerprint density at radius 3 is 2.38 bits per heavy atom. The lowest BCUT2D eigenvalue weighted by molar-refractivity contribution is 0.0499. The number of aromatic nitrogens is 1. The van der Waals surface area contributed by atoms with Crippen LogP contribution in [0.3, 0.4) is 0 Å².